The van der Waals surface area contributed by atoms with E-state index in [-0.39, 0.29) is 12.3 Å². The number of non-ortho nitro benzene ring substituents is 1. The number of benzene rings is 1. The Morgan fingerprint density at radius 1 is 1.47 bits per heavy atom. The van der Waals surface area contributed by atoms with E-state index in [0.717, 1.165) is 5.56 Å². The SMILES string of the molecule is O=[N+]([O-])c1cccc(COCCCO)c1. The van der Waals surface area contributed by atoms with Crippen LogP contribution in [0.1, 0.15) is 12.0 Å². The van der Waals surface area contributed by atoms with E-state index in [1.165, 1.54) is 12.1 Å². The first-order valence-corrected chi connectivity index (χ1v) is 4.66. The van der Waals surface area contributed by atoms with Gasteiger partial charge in [0.05, 0.1) is 11.5 Å². The lowest BCUT2D eigenvalue weighted by molar-refractivity contribution is -0.384. The molecule has 1 aromatic carbocycles. The van der Waals surface area contributed by atoms with E-state index in [4.69, 9.17) is 9.84 Å². The summed E-state index contributed by atoms with van der Waals surface area (Å²) in [7, 11) is 0. The van der Waals surface area contributed by atoms with Crippen LogP contribution in [0.25, 0.3) is 0 Å². The van der Waals surface area contributed by atoms with Crippen molar-refractivity contribution in [3.05, 3.63) is 39.9 Å². The van der Waals surface area contributed by atoms with Gasteiger partial charge in [-0.05, 0) is 12.0 Å². The second-order valence-corrected chi connectivity index (χ2v) is 3.06. The Kier molecular flexibility index (Phi) is 4.73. The summed E-state index contributed by atoms with van der Waals surface area (Å²) in [6.07, 6.45) is 0.578. The Balaban J connectivity index is 2.47. The van der Waals surface area contributed by atoms with Crippen molar-refractivity contribution in [3.8, 4) is 0 Å². The third kappa shape index (κ3) is 4.05. The van der Waals surface area contributed by atoms with Gasteiger partial charge in [0, 0.05) is 25.3 Å². The molecule has 15 heavy (non-hydrogen) atoms. The molecule has 0 atom stereocenters. The zero-order valence-corrected chi connectivity index (χ0v) is 8.26. The quantitative estimate of drug-likeness (QED) is 0.439. The van der Waals surface area contributed by atoms with Crippen LogP contribution < -0.4 is 0 Å². The Hall–Kier alpha value is -1.46. The second-order valence-electron chi connectivity index (χ2n) is 3.06. The van der Waals surface area contributed by atoms with Crippen molar-refractivity contribution in [2.45, 2.75) is 13.0 Å². The number of hydrogen-bond acceptors (Lipinski definition) is 4. The molecule has 0 bridgehead atoms. The summed E-state index contributed by atoms with van der Waals surface area (Å²) in [5.41, 5.74) is 0.834. The van der Waals surface area contributed by atoms with Crippen LogP contribution in [0.2, 0.25) is 0 Å². The van der Waals surface area contributed by atoms with Crippen molar-refractivity contribution in [2.24, 2.45) is 0 Å². The van der Waals surface area contributed by atoms with E-state index in [9.17, 15) is 10.1 Å². The lowest BCUT2D eigenvalue weighted by atomic mass is 10.2. The maximum Gasteiger partial charge on any atom is 0.269 e. The summed E-state index contributed by atoms with van der Waals surface area (Å²) >= 11 is 0. The third-order valence-electron chi connectivity index (χ3n) is 1.84. The minimum absolute atomic E-state index is 0.0678. The first-order chi connectivity index (χ1) is 7.24. The molecule has 0 aromatic heterocycles. The molecule has 1 rings (SSSR count). The first kappa shape index (κ1) is 11.6. The number of rotatable bonds is 6. The number of nitro groups is 1. The fraction of sp³-hybridized carbons (Fsp3) is 0.400. The Bertz CT molecular complexity index is 327. The van der Waals surface area contributed by atoms with Crippen LogP contribution in [0.5, 0.6) is 0 Å². The number of nitro benzene ring substituents is 1. The van der Waals surface area contributed by atoms with Gasteiger partial charge < -0.3 is 9.84 Å². The molecule has 0 aliphatic carbocycles. The summed E-state index contributed by atoms with van der Waals surface area (Å²) in [4.78, 5) is 10.0. The number of ether oxygens (including phenoxy) is 1. The molecule has 0 heterocycles. The highest BCUT2D eigenvalue weighted by molar-refractivity contribution is 5.33. The molecule has 5 nitrogen and oxygen atoms in total. The monoisotopic (exact) mass is 211 g/mol. The van der Waals surface area contributed by atoms with Crippen LogP contribution in [0.15, 0.2) is 24.3 Å². The standard InChI is InChI=1S/C10H13NO4/c12-5-2-6-15-8-9-3-1-4-10(7-9)11(13)14/h1,3-4,7,12H,2,5-6,8H2. The minimum Gasteiger partial charge on any atom is -0.396 e. The van der Waals surface area contributed by atoms with Crippen molar-refractivity contribution in [2.75, 3.05) is 13.2 Å². The molecular weight excluding hydrogens is 198 g/mol. The van der Waals surface area contributed by atoms with Crippen molar-refractivity contribution in [3.63, 3.8) is 0 Å². The lowest BCUT2D eigenvalue weighted by Crippen LogP contribution is -1.98. The minimum atomic E-state index is -0.433. The molecule has 0 unspecified atom stereocenters. The van der Waals surface area contributed by atoms with E-state index < -0.39 is 4.92 Å². The van der Waals surface area contributed by atoms with Gasteiger partial charge in [-0.2, -0.15) is 0 Å². The van der Waals surface area contributed by atoms with Crippen molar-refractivity contribution >= 4 is 5.69 Å². The lowest BCUT2D eigenvalue weighted by Gasteiger charge is -2.02. The van der Waals surface area contributed by atoms with Gasteiger partial charge in [0.15, 0.2) is 0 Å². The van der Waals surface area contributed by atoms with Crippen molar-refractivity contribution in [1.82, 2.24) is 0 Å². The average molecular weight is 211 g/mol. The van der Waals surface area contributed by atoms with Gasteiger partial charge in [0.1, 0.15) is 0 Å². The van der Waals surface area contributed by atoms with Crippen LogP contribution in [0.4, 0.5) is 5.69 Å². The van der Waals surface area contributed by atoms with E-state index in [0.29, 0.717) is 19.6 Å². The number of aliphatic hydroxyl groups is 1. The summed E-state index contributed by atoms with van der Waals surface area (Å²) in [6, 6.07) is 6.32. The Morgan fingerprint density at radius 2 is 2.27 bits per heavy atom. The fourth-order valence-electron chi connectivity index (χ4n) is 1.12. The highest BCUT2D eigenvalue weighted by Crippen LogP contribution is 2.13. The van der Waals surface area contributed by atoms with Gasteiger partial charge in [0.25, 0.3) is 5.69 Å². The summed E-state index contributed by atoms with van der Waals surface area (Å²) in [5.74, 6) is 0. The maximum atomic E-state index is 10.5. The zero-order chi connectivity index (χ0) is 11.1. The molecule has 1 N–H and O–H groups in total. The number of nitrogens with zero attached hydrogens (tertiary/aromatic N) is 1. The highest BCUT2D eigenvalue weighted by atomic mass is 16.6. The molecule has 82 valence electrons. The summed E-state index contributed by atoms with van der Waals surface area (Å²) in [6.45, 7) is 0.885. The van der Waals surface area contributed by atoms with Gasteiger partial charge >= 0.3 is 0 Å². The number of hydrogen-bond donors (Lipinski definition) is 1. The van der Waals surface area contributed by atoms with E-state index in [2.05, 4.69) is 0 Å². The normalized spacial score (nSPS) is 10.2. The zero-order valence-electron chi connectivity index (χ0n) is 8.26. The second kappa shape index (κ2) is 6.10. The van der Waals surface area contributed by atoms with Crippen LogP contribution in [-0.4, -0.2) is 23.2 Å². The van der Waals surface area contributed by atoms with Crippen LogP contribution in [0, 0.1) is 10.1 Å². The largest absolute Gasteiger partial charge is 0.396 e. The van der Waals surface area contributed by atoms with Gasteiger partial charge in [-0.1, -0.05) is 12.1 Å². The predicted octanol–water partition coefficient (Wildman–Crippen LogP) is 1.49. The first-order valence-electron chi connectivity index (χ1n) is 4.66. The van der Waals surface area contributed by atoms with Crippen LogP contribution in [-0.2, 0) is 11.3 Å². The maximum absolute atomic E-state index is 10.5. The van der Waals surface area contributed by atoms with E-state index in [1.807, 2.05) is 0 Å². The molecule has 0 aliphatic heterocycles. The molecule has 0 saturated carbocycles. The molecule has 0 radical (unpaired) electrons. The summed E-state index contributed by atoms with van der Waals surface area (Å²) < 4.78 is 5.21. The number of aliphatic hydroxyl groups excluding tert-OH is 1. The summed E-state index contributed by atoms with van der Waals surface area (Å²) in [5, 5.41) is 19.0. The third-order valence-corrected chi connectivity index (χ3v) is 1.84. The van der Waals surface area contributed by atoms with E-state index in [1.54, 1.807) is 12.1 Å². The van der Waals surface area contributed by atoms with Gasteiger partial charge in [-0.3, -0.25) is 10.1 Å². The van der Waals surface area contributed by atoms with E-state index >= 15 is 0 Å². The van der Waals surface area contributed by atoms with Crippen molar-refractivity contribution < 1.29 is 14.8 Å². The Morgan fingerprint density at radius 3 is 2.93 bits per heavy atom. The Labute approximate surface area is 87.5 Å². The molecule has 0 fully saturated rings. The van der Waals surface area contributed by atoms with Gasteiger partial charge in [-0.15, -0.1) is 0 Å². The molecule has 0 amide bonds. The predicted molar refractivity (Wildman–Crippen MR) is 54.5 cm³/mol. The van der Waals surface area contributed by atoms with Crippen LogP contribution in [0.3, 0.4) is 0 Å². The molecule has 0 aliphatic rings. The topological polar surface area (TPSA) is 72.6 Å². The highest BCUT2D eigenvalue weighted by Gasteiger charge is 2.04. The van der Waals surface area contributed by atoms with Gasteiger partial charge in [0.2, 0.25) is 0 Å². The molecule has 1 aromatic rings. The van der Waals surface area contributed by atoms with Crippen molar-refractivity contribution in [1.29, 1.82) is 0 Å². The van der Waals surface area contributed by atoms with Gasteiger partial charge in [-0.25, -0.2) is 0 Å². The fourth-order valence-corrected chi connectivity index (χ4v) is 1.12. The smallest absolute Gasteiger partial charge is 0.269 e. The molecule has 5 heteroatoms. The average Bonchev–Trinajstić information content (AvgIpc) is 2.25. The molecule has 0 spiro atoms. The molecule has 0 saturated heterocycles. The van der Waals surface area contributed by atoms with Crippen LogP contribution >= 0.6 is 0 Å². The molecular formula is C10H13NO4.